The summed E-state index contributed by atoms with van der Waals surface area (Å²) in [6.45, 7) is 10.4. The van der Waals surface area contributed by atoms with Crippen LogP contribution < -0.4 is 0 Å². The van der Waals surface area contributed by atoms with Gasteiger partial charge in [-0.05, 0) is 35.8 Å². The maximum absolute atomic E-state index is 13.5. The number of rotatable bonds is 14. The van der Waals surface area contributed by atoms with Crippen LogP contribution in [0.15, 0.2) is 60.7 Å². The molecule has 0 saturated heterocycles. The standard InChI is InChI=1S/C30H42O4/c1-6-7-14-20-29(23(4)5,21-19-22(2)3)30(27(31)32,28(33)34)26(24-15-10-8-11-16-24)25-17-12-9-13-18-25/h8-13,15-18,22-23,26H,6-7,14,19-21H2,1-5H3,(H,31,32)(H,33,34). The van der Waals surface area contributed by atoms with Gasteiger partial charge in [-0.15, -0.1) is 0 Å². The van der Waals surface area contributed by atoms with Gasteiger partial charge in [-0.1, -0.05) is 121 Å². The molecule has 0 aliphatic carbocycles. The van der Waals surface area contributed by atoms with Crippen LogP contribution in [0.5, 0.6) is 0 Å². The first kappa shape index (κ1) is 27.6. The van der Waals surface area contributed by atoms with Crippen molar-refractivity contribution < 1.29 is 19.8 Å². The summed E-state index contributed by atoms with van der Waals surface area (Å²) in [6, 6.07) is 18.7. The van der Waals surface area contributed by atoms with Crippen molar-refractivity contribution in [3.63, 3.8) is 0 Å². The molecule has 2 aromatic rings. The van der Waals surface area contributed by atoms with Crippen LogP contribution in [-0.4, -0.2) is 22.2 Å². The van der Waals surface area contributed by atoms with Gasteiger partial charge in [-0.2, -0.15) is 0 Å². The minimum Gasteiger partial charge on any atom is -0.480 e. The Balaban J connectivity index is 2.97. The van der Waals surface area contributed by atoms with Crippen LogP contribution in [0.1, 0.15) is 90.2 Å². The van der Waals surface area contributed by atoms with Crippen molar-refractivity contribution in [1.82, 2.24) is 0 Å². The van der Waals surface area contributed by atoms with Gasteiger partial charge in [0, 0.05) is 11.3 Å². The van der Waals surface area contributed by atoms with Gasteiger partial charge < -0.3 is 10.2 Å². The molecule has 0 aromatic heterocycles. The Bertz CT molecular complexity index is 850. The monoisotopic (exact) mass is 466 g/mol. The Morgan fingerprint density at radius 3 is 1.59 bits per heavy atom. The quantitative estimate of drug-likeness (QED) is 0.222. The second kappa shape index (κ2) is 12.2. The first-order valence-corrected chi connectivity index (χ1v) is 12.7. The van der Waals surface area contributed by atoms with Crippen LogP contribution in [0, 0.1) is 22.7 Å². The lowest BCUT2D eigenvalue weighted by Crippen LogP contribution is -2.59. The SMILES string of the molecule is CCCCCC(CCC(C)C)(C(C)C)C(C(=O)O)(C(=O)O)C(c1ccccc1)c1ccccc1. The largest absolute Gasteiger partial charge is 0.480 e. The molecule has 0 saturated carbocycles. The maximum Gasteiger partial charge on any atom is 0.322 e. The summed E-state index contributed by atoms with van der Waals surface area (Å²) in [6.07, 6.45) is 4.66. The third-order valence-electron chi connectivity index (χ3n) is 7.66. The van der Waals surface area contributed by atoms with Crippen molar-refractivity contribution in [2.24, 2.45) is 22.7 Å². The molecule has 2 N–H and O–H groups in total. The van der Waals surface area contributed by atoms with Gasteiger partial charge in [0.1, 0.15) is 0 Å². The molecule has 34 heavy (non-hydrogen) atoms. The van der Waals surface area contributed by atoms with Gasteiger partial charge in [-0.3, -0.25) is 9.59 Å². The number of unbranched alkanes of at least 4 members (excludes halogenated alkanes) is 2. The molecule has 0 aliphatic rings. The molecule has 4 nitrogen and oxygen atoms in total. The van der Waals surface area contributed by atoms with Gasteiger partial charge in [0.15, 0.2) is 5.41 Å². The molecule has 0 radical (unpaired) electrons. The molecule has 4 heteroatoms. The summed E-state index contributed by atoms with van der Waals surface area (Å²) >= 11 is 0. The highest BCUT2D eigenvalue weighted by Crippen LogP contribution is 2.61. The first-order valence-electron chi connectivity index (χ1n) is 12.7. The van der Waals surface area contributed by atoms with Crippen LogP contribution in [0.4, 0.5) is 0 Å². The second-order valence-corrected chi connectivity index (χ2v) is 10.4. The van der Waals surface area contributed by atoms with Crippen molar-refractivity contribution in [3.8, 4) is 0 Å². The van der Waals surface area contributed by atoms with E-state index in [1.54, 1.807) is 0 Å². The number of aliphatic carboxylic acids is 2. The summed E-state index contributed by atoms with van der Waals surface area (Å²) in [5.74, 6) is -3.10. The Labute approximate surface area is 205 Å². The van der Waals surface area contributed by atoms with Crippen molar-refractivity contribution in [1.29, 1.82) is 0 Å². The zero-order valence-corrected chi connectivity index (χ0v) is 21.5. The third-order valence-corrected chi connectivity index (χ3v) is 7.66. The molecule has 0 heterocycles. The van der Waals surface area contributed by atoms with Gasteiger partial charge in [0.05, 0.1) is 0 Å². The normalized spacial score (nSPS) is 13.9. The lowest BCUT2D eigenvalue weighted by Gasteiger charge is -2.52. The smallest absolute Gasteiger partial charge is 0.322 e. The number of carboxylic acids is 2. The summed E-state index contributed by atoms with van der Waals surface area (Å²) in [5.41, 5.74) is -1.50. The fraction of sp³-hybridized carbons (Fsp3) is 0.533. The molecule has 2 rings (SSSR count). The van der Waals surface area contributed by atoms with E-state index in [2.05, 4.69) is 20.8 Å². The minimum atomic E-state index is -2.02. The Kier molecular flexibility index (Phi) is 9.90. The average molecular weight is 467 g/mol. The Hall–Kier alpha value is -2.62. The molecule has 0 spiro atoms. The van der Waals surface area contributed by atoms with Gasteiger partial charge in [0.2, 0.25) is 0 Å². The Morgan fingerprint density at radius 2 is 1.24 bits per heavy atom. The molecule has 1 atom stereocenters. The fourth-order valence-corrected chi connectivity index (χ4v) is 5.82. The second-order valence-electron chi connectivity index (χ2n) is 10.4. The van der Waals surface area contributed by atoms with E-state index in [9.17, 15) is 19.8 Å². The molecule has 2 aromatic carbocycles. The number of carbonyl (C=O) groups is 2. The topological polar surface area (TPSA) is 74.6 Å². The summed E-state index contributed by atoms with van der Waals surface area (Å²) in [4.78, 5) is 27.0. The highest BCUT2D eigenvalue weighted by molar-refractivity contribution is 6.01. The van der Waals surface area contributed by atoms with E-state index in [-0.39, 0.29) is 5.92 Å². The molecule has 1 unspecified atom stereocenters. The highest BCUT2D eigenvalue weighted by Gasteiger charge is 2.67. The van der Waals surface area contributed by atoms with Crippen molar-refractivity contribution in [2.45, 2.75) is 79.1 Å². The van der Waals surface area contributed by atoms with E-state index < -0.39 is 28.7 Å². The molecule has 0 fully saturated rings. The van der Waals surface area contributed by atoms with Gasteiger partial charge in [-0.25, -0.2) is 0 Å². The first-order chi connectivity index (χ1) is 16.1. The molecule has 0 amide bonds. The molecule has 0 aliphatic heterocycles. The van der Waals surface area contributed by atoms with E-state index in [0.717, 1.165) is 36.8 Å². The van der Waals surface area contributed by atoms with E-state index in [1.807, 2.05) is 74.5 Å². The van der Waals surface area contributed by atoms with Crippen LogP contribution >= 0.6 is 0 Å². The molecular formula is C30H42O4. The fourth-order valence-electron chi connectivity index (χ4n) is 5.82. The van der Waals surface area contributed by atoms with E-state index >= 15 is 0 Å². The molecular weight excluding hydrogens is 424 g/mol. The number of hydrogen-bond donors (Lipinski definition) is 2. The van der Waals surface area contributed by atoms with E-state index in [4.69, 9.17) is 0 Å². The maximum atomic E-state index is 13.5. The zero-order valence-electron chi connectivity index (χ0n) is 21.5. The molecule has 186 valence electrons. The predicted octanol–water partition coefficient (Wildman–Crippen LogP) is 7.63. The van der Waals surface area contributed by atoms with Crippen molar-refractivity contribution >= 4 is 11.9 Å². The van der Waals surface area contributed by atoms with Crippen molar-refractivity contribution in [3.05, 3.63) is 71.8 Å². The number of benzene rings is 2. The lowest BCUT2D eigenvalue weighted by atomic mass is 9.47. The zero-order chi connectivity index (χ0) is 25.4. The van der Waals surface area contributed by atoms with Gasteiger partial charge in [0.25, 0.3) is 0 Å². The summed E-state index contributed by atoms with van der Waals surface area (Å²) in [7, 11) is 0. The Morgan fingerprint density at radius 1 is 0.765 bits per heavy atom. The van der Waals surface area contributed by atoms with Crippen LogP contribution in [0.3, 0.4) is 0 Å². The predicted molar refractivity (Wildman–Crippen MR) is 138 cm³/mol. The van der Waals surface area contributed by atoms with E-state index in [1.165, 1.54) is 0 Å². The summed E-state index contributed by atoms with van der Waals surface area (Å²) in [5, 5.41) is 22.0. The van der Waals surface area contributed by atoms with Crippen LogP contribution in [0.2, 0.25) is 0 Å². The number of carboxylic acid groups (broad SMARTS) is 2. The minimum absolute atomic E-state index is 0.134. The highest BCUT2D eigenvalue weighted by atomic mass is 16.4. The molecule has 0 bridgehead atoms. The van der Waals surface area contributed by atoms with Crippen molar-refractivity contribution in [2.75, 3.05) is 0 Å². The average Bonchev–Trinajstić information content (AvgIpc) is 2.80. The van der Waals surface area contributed by atoms with Crippen LogP contribution in [-0.2, 0) is 9.59 Å². The lowest BCUT2D eigenvalue weighted by molar-refractivity contribution is -0.185. The van der Waals surface area contributed by atoms with Gasteiger partial charge >= 0.3 is 11.9 Å². The summed E-state index contributed by atoms with van der Waals surface area (Å²) < 4.78 is 0. The third kappa shape index (κ3) is 5.37. The van der Waals surface area contributed by atoms with E-state index in [0.29, 0.717) is 18.8 Å². The van der Waals surface area contributed by atoms with Crippen LogP contribution in [0.25, 0.3) is 0 Å². The number of hydrogen-bond acceptors (Lipinski definition) is 2.